The maximum Gasteiger partial charge on any atom is 0.269 e. The smallest absolute Gasteiger partial charge is 0.269 e. The van der Waals surface area contributed by atoms with E-state index in [0.29, 0.717) is 10.8 Å². The van der Waals surface area contributed by atoms with E-state index in [1.165, 1.54) is 12.1 Å². The Labute approximate surface area is 166 Å². The molecule has 0 saturated heterocycles. The Balaban J connectivity index is 1.52. The zero-order chi connectivity index (χ0) is 19.9. The van der Waals surface area contributed by atoms with Gasteiger partial charge >= 0.3 is 0 Å². The molecule has 0 aromatic heterocycles. The number of amides is 1. The summed E-state index contributed by atoms with van der Waals surface area (Å²) >= 11 is 6.26. The van der Waals surface area contributed by atoms with E-state index >= 15 is 0 Å². The molecule has 0 bridgehead atoms. The van der Waals surface area contributed by atoms with Crippen LogP contribution in [0.4, 0.5) is 5.69 Å². The number of hydrogen-bond donors (Lipinski definition) is 1. The first-order valence-electron chi connectivity index (χ1n) is 8.51. The predicted octanol–water partition coefficient (Wildman–Crippen LogP) is 4.61. The largest absolute Gasteiger partial charge is 0.482 e. The Hall–Kier alpha value is -3.38. The van der Waals surface area contributed by atoms with Gasteiger partial charge in [-0.2, -0.15) is 0 Å². The summed E-state index contributed by atoms with van der Waals surface area (Å²) in [4.78, 5) is 22.1. The Morgan fingerprint density at radius 2 is 1.71 bits per heavy atom. The van der Waals surface area contributed by atoms with Crippen LogP contribution in [0.5, 0.6) is 5.75 Å². The van der Waals surface area contributed by atoms with Crippen LogP contribution in [0.3, 0.4) is 0 Å². The first-order valence-corrected chi connectivity index (χ1v) is 8.88. The fourth-order valence-electron chi connectivity index (χ4n) is 2.56. The molecule has 6 nitrogen and oxygen atoms in total. The van der Waals surface area contributed by atoms with Gasteiger partial charge in [-0.25, -0.2) is 0 Å². The van der Waals surface area contributed by atoms with Gasteiger partial charge in [0.25, 0.3) is 11.6 Å². The molecule has 3 aromatic rings. The van der Waals surface area contributed by atoms with Crippen LogP contribution in [0.1, 0.15) is 5.56 Å². The van der Waals surface area contributed by atoms with Crippen molar-refractivity contribution in [2.75, 3.05) is 6.61 Å². The van der Waals surface area contributed by atoms with Gasteiger partial charge in [0.05, 0.1) is 9.95 Å². The van der Waals surface area contributed by atoms with Gasteiger partial charge in [0.1, 0.15) is 5.75 Å². The lowest BCUT2D eigenvalue weighted by Gasteiger charge is -2.10. The van der Waals surface area contributed by atoms with Crippen LogP contribution in [0.15, 0.2) is 72.8 Å². The van der Waals surface area contributed by atoms with E-state index in [4.69, 9.17) is 16.3 Å². The van der Waals surface area contributed by atoms with Crippen molar-refractivity contribution in [2.45, 2.75) is 6.54 Å². The van der Waals surface area contributed by atoms with Gasteiger partial charge in [-0.15, -0.1) is 0 Å². The molecule has 7 heteroatoms. The molecule has 142 valence electrons. The lowest BCUT2D eigenvalue weighted by molar-refractivity contribution is -0.384. The number of nitro benzene ring substituents is 1. The zero-order valence-corrected chi connectivity index (χ0v) is 15.6. The van der Waals surface area contributed by atoms with Gasteiger partial charge < -0.3 is 10.1 Å². The number of halogens is 1. The van der Waals surface area contributed by atoms with Crippen molar-refractivity contribution < 1.29 is 14.5 Å². The van der Waals surface area contributed by atoms with Crippen molar-refractivity contribution in [1.29, 1.82) is 0 Å². The first kappa shape index (κ1) is 19.4. The molecule has 0 aliphatic rings. The molecule has 0 aliphatic heterocycles. The quantitative estimate of drug-likeness (QED) is 0.467. The van der Waals surface area contributed by atoms with Crippen LogP contribution in [0.2, 0.25) is 5.02 Å². The van der Waals surface area contributed by atoms with Crippen LogP contribution in [-0.2, 0) is 11.3 Å². The number of non-ortho nitro benzene ring substituents is 1. The highest BCUT2D eigenvalue weighted by molar-refractivity contribution is 6.32. The SMILES string of the molecule is O=C(COc1ccc(-c2ccccc2)cc1Cl)NCc1ccc([N+](=O)[O-])cc1. The molecule has 28 heavy (non-hydrogen) atoms. The molecule has 0 unspecified atom stereocenters. The highest BCUT2D eigenvalue weighted by Gasteiger charge is 2.09. The van der Waals surface area contributed by atoms with E-state index in [9.17, 15) is 14.9 Å². The van der Waals surface area contributed by atoms with E-state index in [1.807, 2.05) is 36.4 Å². The maximum atomic E-state index is 12.0. The topological polar surface area (TPSA) is 81.5 Å². The molecule has 0 heterocycles. The summed E-state index contributed by atoms with van der Waals surface area (Å²) < 4.78 is 5.50. The number of benzene rings is 3. The summed E-state index contributed by atoms with van der Waals surface area (Å²) in [6, 6.07) is 21.2. The summed E-state index contributed by atoms with van der Waals surface area (Å²) in [5.74, 6) is 0.105. The van der Waals surface area contributed by atoms with Crippen molar-refractivity contribution in [3.8, 4) is 16.9 Å². The summed E-state index contributed by atoms with van der Waals surface area (Å²) in [5.41, 5.74) is 2.76. The molecule has 1 amide bonds. The molecular weight excluding hydrogens is 380 g/mol. The monoisotopic (exact) mass is 396 g/mol. The maximum absolute atomic E-state index is 12.0. The molecular formula is C21H17ClN2O4. The number of nitrogens with one attached hydrogen (secondary N) is 1. The van der Waals surface area contributed by atoms with Crippen LogP contribution in [0, 0.1) is 10.1 Å². The molecule has 3 rings (SSSR count). The lowest BCUT2D eigenvalue weighted by atomic mass is 10.1. The van der Waals surface area contributed by atoms with Gasteiger partial charge in [-0.05, 0) is 28.8 Å². The second kappa shape index (κ2) is 9.01. The highest BCUT2D eigenvalue weighted by atomic mass is 35.5. The van der Waals surface area contributed by atoms with Gasteiger partial charge in [-0.3, -0.25) is 14.9 Å². The van der Waals surface area contributed by atoms with Crippen molar-refractivity contribution in [3.63, 3.8) is 0 Å². The number of carbonyl (C=O) groups excluding carboxylic acids is 1. The predicted molar refractivity (Wildman–Crippen MR) is 107 cm³/mol. The fourth-order valence-corrected chi connectivity index (χ4v) is 2.79. The zero-order valence-electron chi connectivity index (χ0n) is 14.8. The highest BCUT2D eigenvalue weighted by Crippen LogP contribution is 2.30. The molecule has 3 aromatic carbocycles. The minimum Gasteiger partial charge on any atom is -0.482 e. The third-order valence-electron chi connectivity index (χ3n) is 4.03. The Morgan fingerprint density at radius 3 is 2.36 bits per heavy atom. The molecule has 0 fully saturated rings. The average molecular weight is 397 g/mol. The summed E-state index contributed by atoms with van der Waals surface area (Å²) in [5, 5.41) is 13.8. The van der Waals surface area contributed by atoms with E-state index in [0.717, 1.165) is 16.7 Å². The van der Waals surface area contributed by atoms with Crippen molar-refractivity contribution in [2.24, 2.45) is 0 Å². The van der Waals surface area contributed by atoms with Crippen molar-refractivity contribution in [3.05, 3.63) is 93.5 Å². The van der Waals surface area contributed by atoms with E-state index < -0.39 is 4.92 Å². The normalized spacial score (nSPS) is 10.3. The second-order valence-electron chi connectivity index (χ2n) is 6.00. The van der Waals surface area contributed by atoms with Crippen LogP contribution < -0.4 is 10.1 Å². The molecule has 0 radical (unpaired) electrons. The molecule has 1 N–H and O–H groups in total. The Kier molecular flexibility index (Phi) is 6.24. The molecule has 0 atom stereocenters. The van der Waals surface area contributed by atoms with Gasteiger partial charge in [0.2, 0.25) is 0 Å². The Morgan fingerprint density at radius 1 is 1.00 bits per heavy atom. The number of rotatable bonds is 7. The minimum absolute atomic E-state index is 0.00648. The minimum atomic E-state index is -0.469. The van der Waals surface area contributed by atoms with E-state index in [1.54, 1.807) is 24.3 Å². The summed E-state index contributed by atoms with van der Waals surface area (Å²) in [6.45, 7) is 0.0677. The standard InChI is InChI=1S/C21H17ClN2O4/c22-19-12-17(16-4-2-1-3-5-16)8-11-20(19)28-14-21(25)23-13-15-6-9-18(10-7-15)24(26)27/h1-12H,13-14H2,(H,23,25). The van der Waals surface area contributed by atoms with E-state index in [-0.39, 0.29) is 24.7 Å². The first-order chi connectivity index (χ1) is 13.5. The van der Waals surface area contributed by atoms with Crippen molar-refractivity contribution in [1.82, 2.24) is 5.32 Å². The van der Waals surface area contributed by atoms with Crippen LogP contribution >= 0.6 is 11.6 Å². The summed E-state index contributed by atoms with van der Waals surface area (Å²) in [7, 11) is 0. The number of hydrogen-bond acceptors (Lipinski definition) is 4. The number of carbonyl (C=O) groups is 1. The number of nitrogens with zero attached hydrogens (tertiary/aromatic N) is 1. The average Bonchev–Trinajstić information content (AvgIpc) is 2.72. The van der Waals surface area contributed by atoms with Gasteiger partial charge in [-0.1, -0.05) is 60.1 Å². The van der Waals surface area contributed by atoms with Crippen LogP contribution in [0.25, 0.3) is 11.1 Å². The summed E-state index contributed by atoms with van der Waals surface area (Å²) in [6.07, 6.45) is 0. The second-order valence-corrected chi connectivity index (χ2v) is 6.41. The number of nitro groups is 1. The lowest BCUT2D eigenvalue weighted by Crippen LogP contribution is -2.28. The number of ether oxygens (including phenoxy) is 1. The van der Waals surface area contributed by atoms with E-state index in [2.05, 4.69) is 5.32 Å². The Bertz CT molecular complexity index is 975. The molecule has 0 spiro atoms. The van der Waals surface area contributed by atoms with Gasteiger partial charge in [0.15, 0.2) is 6.61 Å². The van der Waals surface area contributed by atoms with Gasteiger partial charge in [0, 0.05) is 18.7 Å². The van der Waals surface area contributed by atoms with Crippen molar-refractivity contribution >= 4 is 23.2 Å². The molecule has 0 saturated carbocycles. The fraction of sp³-hybridized carbons (Fsp3) is 0.0952. The molecule has 0 aliphatic carbocycles. The third kappa shape index (κ3) is 5.08. The third-order valence-corrected chi connectivity index (χ3v) is 4.33. The van der Waals surface area contributed by atoms with Crippen LogP contribution in [-0.4, -0.2) is 17.4 Å².